The Morgan fingerprint density at radius 1 is 1.43 bits per heavy atom. The third kappa shape index (κ3) is 5.91. The number of carbonyl (C=O) groups excluding carboxylic acids is 1. The molecule has 1 aromatic rings. The molecule has 0 radical (unpaired) electrons. The number of hydrogen-bond acceptors (Lipinski definition) is 5. The number of amides is 1. The van der Waals surface area contributed by atoms with Gasteiger partial charge in [-0.2, -0.15) is 0 Å². The number of carbonyl (C=O) groups is 1. The molecule has 2 N–H and O–H groups in total. The number of aliphatic hydroxyl groups is 1. The minimum atomic E-state index is -1.12. The van der Waals surface area contributed by atoms with Crippen LogP contribution < -0.4 is 5.32 Å². The molecule has 1 aromatic carbocycles. The predicted molar refractivity (Wildman–Crippen MR) is 84.4 cm³/mol. The van der Waals surface area contributed by atoms with Gasteiger partial charge in [0.05, 0.1) is 25.4 Å². The van der Waals surface area contributed by atoms with Crippen LogP contribution >= 0.6 is 0 Å². The molecule has 0 aliphatic carbocycles. The summed E-state index contributed by atoms with van der Waals surface area (Å²) < 4.78 is 16.7. The first-order chi connectivity index (χ1) is 10.9. The summed E-state index contributed by atoms with van der Waals surface area (Å²) in [5.41, 5.74) is 0.953. The summed E-state index contributed by atoms with van der Waals surface area (Å²) in [6, 6.07) is 9.00. The maximum absolute atomic E-state index is 11.4. The lowest BCUT2D eigenvalue weighted by molar-refractivity contribution is -0.155. The summed E-state index contributed by atoms with van der Waals surface area (Å²) in [6.07, 6.45) is -0.901. The van der Waals surface area contributed by atoms with Crippen molar-refractivity contribution < 1.29 is 24.1 Å². The standard InChI is InChI=1S/C17H25NO5/c1-12(19)18-15(9-14-11-22-17(2,3)23-14)16(20)21-10-13-7-5-4-6-8-13/h4-8,14-16,20H,9-11H2,1-3H3,(H,18,19)/t14-,15-,16-/m1/s1. The Balaban J connectivity index is 1.90. The molecular weight excluding hydrogens is 298 g/mol. The van der Waals surface area contributed by atoms with Gasteiger partial charge in [0.15, 0.2) is 12.1 Å². The molecule has 23 heavy (non-hydrogen) atoms. The van der Waals surface area contributed by atoms with Crippen molar-refractivity contribution >= 4 is 5.91 Å². The summed E-state index contributed by atoms with van der Waals surface area (Å²) >= 11 is 0. The molecule has 6 nitrogen and oxygen atoms in total. The first kappa shape index (κ1) is 17.9. The molecular formula is C17H25NO5. The maximum Gasteiger partial charge on any atom is 0.217 e. The van der Waals surface area contributed by atoms with E-state index in [9.17, 15) is 9.90 Å². The molecule has 0 spiro atoms. The van der Waals surface area contributed by atoms with Crippen molar-refractivity contribution in [2.45, 2.75) is 58.0 Å². The van der Waals surface area contributed by atoms with E-state index in [0.29, 0.717) is 13.0 Å². The van der Waals surface area contributed by atoms with E-state index in [1.54, 1.807) is 0 Å². The maximum atomic E-state index is 11.4. The molecule has 1 aliphatic rings. The molecule has 1 amide bonds. The molecule has 128 valence electrons. The Bertz CT molecular complexity index is 505. The average molecular weight is 323 g/mol. The van der Waals surface area contributed by atoms with Crippen LogP contribution in [0.4, 0.5) is 0 Å². The molecule has 1 saturated heterocycles. The lowest BCUT2D eigenvalue weighted by atomic mass is 10.1. The van der Waals surface area contributed by atoms with Gasteiger partial charge in [0, 0.05) is 13.3 Å². The first-order valence-electron chi connectivity index (χ1n) is 7.78. The van der Waals surface area contributed by atoms with E-state index in [4.69, 9.17) is 14.2 Å². The number of benzene rings is 1. The highest BCUT2D eigenvalue weighted by Gasteiger charge is 2.35. The quantitative estimate of drug-likeness (QED) is 0.745. The second-order valence-corrected chi connectivity index (χ2v) is 6.18. The Hall–Kier alpha value is -1.47. The molecule has 3 atom stereocenters. The molecule has 0 saturated carbocycles. The molecule has 0 bridgehead atoms. The number of ether oxygens (including phenoxy) is 3. The molecule has 1 fully saturated rings. The van der Waals surface area contributed by atoms with Gasteiger partial charge in [0.1, 0.15) is 0 Å². The largest absolute Gasteiger partial charge is 0.366 e. The second-order valence-electron chi connectivity index (χ2n) is 6.18. The normalized spacial score (nSPS) is 22.5. The van der Waals surface area contributed by atoms with Gasteiger partial charge in [0.25, 0.3) is 0 Å². The Labute approximate surface area is 136 Å². The number of aliphatic hydroxyl groups excluding tert-OH is 1. The Morgan fingerprint density at radius 2 is 2.13 bits per heavy atom. The van der Waals surface area contributed by atoms with E-state index in [-0.39, 0.29) is 18.6 Å². The Morgan fingerprint density at radius 3 is 2.70 bits per heavy atom. The zero-order valence-electron chi connectivity index (χ0n) is 13.8. The monoisotopic (exact) mass is 323 g/mol. The van der Waals surface area contributed by atoms with Crippen LogP contribution in [0.15, 0.2) is 30.3 Å². The van der Waals surface area contributed by atoms with Crippen molar-refractivity contribution in [1.29, 1.82) is 0 Å². The lowest BCUT2D eigenvalue weighted by Gasteiger charge is -2.26. The summed E-state index contributed by atoms with van der Waals surface area (Å²) in [6.45, 7) is 5.78. The Kier molecular flexibility index (Phi) is 6.12. The fourth-order valence-electron chi connectivity index (χ4n) is 2.54. The van der Waals surface area contributed by atoms with Crippen LogP contribution in [0.25, 0.3) is 0 Å². The lowest BCUT2D eigenvalue weighted by Crippen LogP contribution is -2.46. The van der Waals surface area contributed by atoms with E-state index in [2.05, 4.69) is 5.32 Å². The number of nitrogens with one attached hydrogen (secondary N) is 1. The summed E-state index contributed by atoms with van der Waals surface area (Å²) in [7, 11) is 0. The fourth-order valence-corrected chi connectivity index (χ4v) is 2.54. The minimum absolute atomic E-state index is 0.197. The van der Waals surface area contributed by atoms with Crippen molar-refractivity contribution in [1.82, 2.24) is 5.32 Å². The van der Waals surface area contributed by atoms with Gasteiger partial charge in [-0.15, -0.1) is 0 Å². The van der Waals surface area contributed by atoms with Crippen LogP contribution in [-0.2, 0) is 25.6 Å². The third-order valence-corrected chi connectivity index (χ3v) is 3.58. The van der Waals surface area contributed by atoms with Crippen LogP contribution in [0.1, 0.15) is 32.8 Å². The fraction of sp³-hybridized carbons (Fsp3) is 0.588. The minimum Gasteiger partial charge on any atom is -0.366 e. The van der Waals surface area contributed by atoms with Crippen molar-refractivity contribution in [2.24, 2.45) is 0 Å². The molecule has 1 aliphatic heterocycles. The molecule has 0 aromatic heterocycles. The predicted octanol–water partition coefficient (Wildman–Crippen LogP) is 1.57. The van der Waals surface area contributed by atoms with Crippen LogP contribution in [0, 0.1) is 0 Å². The molecule has 1 heterocycles. The van der Waals surface area contributed by atoms with E-state index >= 15 is 0 Å². The van der Waals surface area contributed by atoms with Crippen LogP contribution in [0.2, 0.25) is 0 Å². The van der Waals surface area contributed by atoms with Crippen molar-refractivity contribution in [2.75, 3.05) is 6.61 Å². The average Bonchev–Trinajstić information content (AvgIpc) is 2.83. The van der Waals surface area contributed by atoms with Crippen molar-refractivity contribution in [3.05, 3.63) is 35.9 Å². The number of hydrogen-bond donors (Lipinski definition) is 2. The van der Waals surface area contributed by atoms with Gasteiger partial charge < -0.3 is 24.6 Å². The smallest absolute Gasteiger partial charge is 0.217 e. The zero-order valence-corrected chi connectivity index (χ0v) is 13.8. The van der Waals surface area contributed by atoms with Gasteiger partial charge >= 0.3 is 0 Å². The van der Waals surface area contributed by atoms with E-state index in [1.807, 2.05) is 44.2 Å². The van der Waals surface area contributed by atoms with Crippen LogP contribution in [-0.4, -0.2) is 41.8 Å². The highest BCUT2D eigenvalue weighted by molar-refractivity contribution is 5.73. The van der Waals surface area contributed by atoms with E-state index < -0.39 is 18.1 Å². The SMILES string of the molecule is CC(=O)N[C@H](C[C@@H]1COC(C)(C)O1)[C@H](O)OCc1ccccc1. The third-order valence-electron chi connectivity index (χ3n) is 3.58. The van der Waals surface area contributed by atoms with Crippen LogP contribution in [0.3, 0.4) is 0 Å². The van der Waals surface area contributed by atoms with Crippen molar-refractivity contribution in [3.8, 4) is 0 Å². The van der Waals surface area contributed by atoms with Gasteiger partial charge in [0.2, 0.25) is 5.91 Å². The zero-order chi connectivity index (χ0) is 16.9. The van der Waals surface area contributed by atoms with E-state index in [1.165, 1.54) is 6.92 Å². The van der Waals surface area contributed by atoms with E-state index in [0.717, 1.165) is 5.56 Å². The topological polar surface area (TPSA) is 77.0 Å². The second kappa shape index (κ2) is 7.88. The molecule has 2 rings (SSSR count). The van der Waals surface area contributed by atoms with Gasteiger partial charge in [-0.3, -0.25) is 4.79 Å². The number of rotatable bonds is 7. The first-order valence-corrected chi connectivity index (χ1v) is 7.78. The van der Waals surface area contributed by atoms with Crippen LogP contribution in [0.5, 0.6) is 0 Å². The highest BCUT2D eigenvalue weighted by Crippen LogP contribution is 2.25. The summed E-state index contributed by atoms with van der Waals surface area (Å²) in [5, 5.41) is 13.0. The molecule has 0 unspecified atom stereocenters. The van der Waals surface area contributed by atoms with Gasteiger partial charge in [-0.1, -0.05) is 30.3 Å². The highest BCUT2D eigenvalue weighted by atomic mass is 16.7. The summed E-state index contributed by atoms with van der Waals surface area (Å²) in [5.74, 6) is -0.864. The van der Waals surface area contributed by atoms with Gasteiger partial charge in [-0.25, -0.2) is 0 Å². The van der Waals surface area contributed by atoms with Crippen molar-refractivity contribution in [3.63, 3.8) is 0 Å². The molecule has 6 heteroatoms. The van der Waals surface area contributed by atoms with Gasteiger partial charge in [-0.05, 0) is 19.4 Å². The summed E-state index contributed by atoms with van der Waals surface area (Å²) in [4.78, 5) is 11.4.